The van der Waals surface area contributed by atoms with Crippen molar-refractivity contribution in [2.45, 2.75) is 36.6 Å². The van der Waals surface area contributed by atoms with Crippen LogP contribution in [0.5, 0.6) is 5.75 Å². The smallest absolute Gasteiger partial charge is 0.254 e. The second-order valence-corrected chi connectivity index (χ2v) is 7.67. The van der Waals surface area contributed by atoms with Crippen LogP contribution in [0.25, 0.3) is 5.82 Å². The molecule has 1 aliphatic carbocycles. The zero-order valence-electron chi connectivity index (χ0n) is 15.8. The maximum atomic E-state index is 12.3. The molecule has 1 aromatic carbocycles. The summed E-state index contributed by atoms with van der Waals surface area (Å²) in [5.74, 6) is 2.13. The second kappa shape index (κ2) is 8.02. The van der Waals surface area contributed by atoms with Crippen LogP contribution in [-0.2, 0) is 5.75 Å². The van der Waals surface area contributed by atoms with Crippen molar-refractivity contribution in [1.82, 2.24) is 25.3 Å². The van der Waals surface area contributed by atoms with E-state index < -0.39 is 0 Å². The highest BCUT2D eigenvalue weighted by molar-refractivity contribution is 7.98. The van der Waals surface area contributed by atoms with E-state index in [4.69, 9.17) is 4.74 Å². The zero-order valence-corrected chi connectivity index (χ0v) is 16.6. The molecule has 0 atom stereocenters. The molecule has 2 heterocycles. The highest BCUT2D eigenvalue weighted by atomic mass is 32.2. The second-order valence-electron chi connectivity index (χ2n) is 6.67. The number of rotatable bonds is 7. The van der Waals surface area contributed by atoms with Gasteiger partial charge in [-0.25, -0.2) is 4.68 Å². The SMILES string of the molecule is COc1cccc(CSc2ccc(-n3ncc(C(=O)NC4CC4)c3C)nn2)c1. The fourth-order valence-corrected chi connectivity index (χ4v) is 3.53. The Kier molecular flexibility index (Phi) is 5.29. The number of nitrogens with zero attached hydrogens (tertiary/aromatic N) is 4. The number of methoxy groups -OCH3 is 1. The molecule has 0 bridgehead atoms. The topological polar surface area (TPSA) is 81.9 Å². The van der Waals surface area contributed by atoms with Crippen LogP contribution < -0.4 is 10.1 Å². The van der Waals surface area contributed by atoms with Gasteiger partial charge in [-0.2, -0.15) is 5.10 Å². The lowest BCUT2D eigenvalue weighted by molar-refractivity contribution is 0.0950. The minimum Gasteiger partial charge on any atom is -0.497 e. The molecule has 1 fully saturated rings. The van der Waals surface area contributed by atoms with Gasteiger partial charge in [0.05, 0.1) is 24.6 Å². The van der Waals surface area contributed by atoms with Crippen molar-refractivity contribution in [2.24, 2.45) is 0 Å². The summed E-state index contributed by atoms with van der Waals surface area (Å²) < 4.78 is 6.89. The van der Waals surface area contributed by atoms with Gasteiger partial charge in [-0.15, -0.1) is 10.2 Å². The number of amides is 1. The van der Waals surface area contributed by atoms with Gasteiger partial charge in [0, 0.05) is 11.8 Å². The normalized spacial score (nSPS) is 13.4. The highest BCUT2D eigenvalue weighted by Gasteiger charge is 2.25. The molecule has 0 saturated heterocycles. The van der Waals surface area contributed by atoms with E-state index >= 15 is 0 Å². The Bertz CT molecular complexity index is 983. The van der Waals surface area contributed by atoms with Crippen molar-refractivity contribution in [3.8, 4) is 11.6 Å². The number of hydrogen-bond acceptors (Lipinski definition) is 6. The molecule has 4 rings (SSSR count). The van der Waals surface area contributed by atoms with Crippen molar-refractivity contribution in [2.75, 3.05) is 7.11 Å². The summed E-state index contributed by atoms with van der Waals surface area (Å²) in [6.07, 6.45) is 3.69. The van der Waals surface area contributed by atoms with Crippen LogP contribution in [0.2, 0.25) is 0 Å². The van der Waals surface area contributed by atoms with Gasteiger partial charge in [0.1, 0.15) is 10.8 Å². The lowest BCUT2D eigenvalue weighted by atomic mass is 10.2. The van der Waals surface area contributed by atoms with E-state index in [1.165, 1.54) is 0 Å². The number of nitrogens with one attached hydrogen (secondary N) is 1. The van der Waals surface area contributed by atoms with Gasteiger partial charge in [-0.3, -0.25) is 4.79 Å². The summed E-state index contributed by atoms with van der Waals surface area (Å²) in [5, 5.41) is 16.7. The first kappa shape index (κ1) is 18.5. The maximum absolute atomic E-state index is 12.3. The van der Waals surface area contributed by atoms with Crippen LogP contribution in [0.4, 0.5) is 0 Å². The number of carbonyl (C=O) groups excluding carboxylic acids is 1. The van der Waals surface area contributed by atoms with Crippen molar-refractivity contribution in [1.29, 1.82) is 0 Å². The zero-order chi connectivity index (χ0) is 19.5. The number of benzene rings is 1. The molecule has 1 N–H and O–H groups in total. The van der Waals surface area contributed by atoms with Gasteiger partial charge < -0.3 is 10.1 Å². The Morgan fingerprint density at radius 1 is 1.29 bits per heavy atom. The fraction of sp³-hybridized carbons (Fsp3) is 0.300. The molecule has 1 saturated carbocycles. The molecule has 1 amide bonds. The molecule has 8 heteroatoms. The van der Waals surface area contributed by atoms with Gasteiger partial charge in [-0.05, 0) is 49.6 Å². The summed E-state index contributed by atoms with van der Waals surface area (Å²) in [6, 6.07) is 12.1. The molecular formula is C20H21N5O2S. The van der Waals surface area contributed by atoms with E-state index in [1.54, 1.807) is 29.8 Å². The molecule has 0 spiro atoms. The van der Waals surface area contributed by atoms with Crippen molar-refractivity contribution < 1.29 is 9.53 Å². The van der Waals surface area contributed by atoms with Crippen LogP contribution in [0.3, 0.4) is 0 Å². The fourth-order valence-electron chi connectivity index (χ4n) is 2.78. The molecule has 28 heavy (non-hydrogen) atoms. The largest absolute Gasteiger partial charge is 0.497 e. The van der Waals surface area contributed by atoms with Gasteiger partial charge in [0.15, 0.2) is 5.82 Å². The van der Waals surface area contributed by atoms with Crippen LogP contribution in [0.15, 0.2) is 47.6 Å². The standard InChI is InChI=1S/C20H21N5O2S/c1-13-17(20(26)22-15-6-7-15)11-21-25(13)18-8-9-19(24-23-18)28-12-14-4-3-5-16(10-14)27-2/h3-5,8-11,15H,6-7,12H2,1-2H3,(H,22,26). The summed E-state index contributed by atoms with van der Waals surface area (Å²) in [5.41, 5.74) is 2.49. The molecule has 0 unspecified atom stereocenters. The summed E-state index contributed by atoms with van der Waals surface area (Å²) >= 11 is 1.60. The Labute approximate surface area is 167 Å². The minimum absolute atomic E-state index is 0.0790. The van der Waals surface area contributed by atoms with Crippen LogP contribution in [0.1, 0.15) is 34.5 Å². The summed E-state index contributed by atoms with van der Waals surface area (Å²) in [4.78, 5) is 12.3. The predicted octanol–water partition coefficient (Wildman–Crippen LogP) is 3.16. The quantitative estimate of drug-likeness (QED) is 0.619. The van der Waals surface area contributed by atoms with Gasteiger partial charge in [0.25, 0.3) is 5.91 Å². The number of carbonyl (C=O) groups is 1. The molecule has 0 aliphatic heterocycles. The molecule has 1 aliphatic rings. The van der Waals surface area contributed by atoms with Crippen LogP contribution in [-0.4, -0.2) is 39.0 Å². The first-order valence-corrected chi connectivity index (χ1v) is 10.1. The Morgan fingerprint density at radius 2 is 2.14 bits per heavy atom. The third-order valence-corrected chi connectivity index (χ3v) is 5.52. The van der Waals surface area contributed by atoms with Crippen molar-refractivity contribution in [3.05, 3.63) is 59.4 Å². The van der Waals surface area contributed by atoms with Gasteiger partial charge >= 0.3 is 0 Å². The first-order valence-electron chi connectivity index (χ1n) is 9.09. The van der Waals surface area contributed by atoms with E-state index in [9.17, 15) is 4.79 Å². The van der Waals surface area contributed by atoms with E-state index in [-0.39, 0.29) is 5.91 Å². The van der Waals surface area contributed by atoms with Gasteiger partial charge in [0.2, 0.25) is 0 Å². The number of thioether (sulfide) groups is 1. The number of aromatic nitrogens is 4. The van der Waals surface area contributed by atoms with E-state index in [1.807, 2.05) is 37.3 Å². The average molecular weight is 395 g/mol. The van der Waals surface area contributed by atoms with Crippen molar-refractivity contribution in [3.63, 3.8) is 0 Å². The third kappa shape index (κ3) is 4.17. The molecule has 144 valence electrons. The lowest BCUT2D eigenvalue weighted by Gasteiger charge is -2.06. The number of ether oxygens (including phenoxy) is 1. The third-order valence-electron chi connectivity index (χ3n) is 4.53. The molecule has 0 radical (unpaired) electrons. The lowest BCUT2D eigenvalue weighted by Crippen LogP contribution is -2.25. The average Bonchev–Trinajstić information content (AvgIpc) is 3.45. The monoisotopic (exact) mass is 395 g/mol. The Morgan fingerprint density at radius 3 is 2.86 bits per heavy atom. The first-order chi connectivity index (χ1) is 13.6. The van der Waals surface area contributed by atoms with E-state index in [0.717, 1.165) is 40.6 Å². The maximum Gasteiger partial charge on any atom is 0.254 e. The summed E-state index contributed by atoms with van der Waals surface area (Å²) in [6.45, 7) is 1.86. The van der Waals surface area contributed by atoms with Crippen LogP contribution in [0, 0.1) is 6.92 Å². The number of hydrogen-bond donors (Lipinski definition) is 1. The molecule has 2 aromatic heterocycles. The highest BCUT2D eigenvalue weighted by Crippen LogP contribution is 2.24. The van der Waals surface area contributed by atoms with Crippen LogP contribution >= 0.6 is 11.8 Å². The van der Waals surface area contributed by atoms with E-state index in [0.29, 0.717) is 17.4 Å². The van der Waals surface area contributed by atoms with Crippen molar-refractivity contribution >= 4 is 17.7 Å². The molecular weight excluding hydrogens is 374 g/mol. The summed E-state index contributed by atoms with van der Waals surface area (Å²) in [7, 11) is 1.66. The van der Waals surface area contributed by atoms with E-state index in [2.05, 4.69) is 26.7 Å². The molecule has 7 nitrogen and oxygen atoms in total. The Hall–Kier alpha value is -2.87. The van der Waals surface area contributed by atoms with Gasteiger partial charge in [-0.1, -0.05) is 23.9 Å². The molecule has 3 aromatic rings. The Balaban J connectivity index is 1.43. The minimum atomic E-state index is -0.0790. The predicted molar refractivity (Wildman–Crippen MR) is 107 cm³/mol.